The Kier molecular flexibility index (Phi) is 5.67. The summed E-state index contributed by atoms with van der Waals surface area (Å²) >= 11 is 6.15. The number of hydrogen-bond donors (Lipinski definition) is 0. The molecule has 2 aromatic rings. The predicted octanol–water partition coefficient (Wildman–Crippen LogP) is 4.15. The van der Waals surface area contributed by atoms with Crippen LogP contribution in [0.15, 0.2) is 30.3 Å². The lowest BCUT2D eigenvalue weighted by atomic mass is 10.2. The van der Waals surface area contributed by atoms with Crippen LogP contribution in [-0.4, -0.2) is 49.2 Å². The lowest BCUT2D eigenvalue weighted by Gasteiger charge is -2.37. The molecule has 27 heavy (non-hydrogen) atoms. The van der Waals surface area contributed by atoms with Crippen molar-refractivity contribution in [2.45, 2.75) is 32.6 Å². The second-order valence-corrected chi connectivity index (χ2v) is 7.96. The number of anilines is 3. The van der Waals surface area contributed by atoms with Crippen LogP contribution < -0.4 is 14.7 Å². The molecule has 1 aromatic carbocycles. The monoisotopic (exact) mass is 385 g/mol. The molecule has 0 radical (unpaired) electrons. The van der Waals surface area contributed by atoms with Crippen LogP contribution in [0.1, 0.15) is 31.4 Å². The van der Waals surface area contributed by atoms with Crippen molar-refractivity contribution >= 4 is 29.1 Å². The van der Waals surface area contributed by atoms with Crippen LogP contribution in [0.4, 0.5) is 17.5 Å². The van der Waals surface area contributed by atoms with Crippen LogP contribution in [0.5, 0.6) is 0 Å². The molecule has 6 heteroatoms. The summed E-state index contributed by atoms with van der Waals surface area (Å²) in [6.45, 7) is 8.10. The maximum absolute atomic E-state index is 6.15. The van der Waals surface area contributed by atoms with Gasteiger partial charge in [0, 0.05) is 61.7 Å². The molecule has 0 saturated carbocycles. The standard InChI is InChI=1S/C21H28ClN5/c1-17-15-20(24-21(23-17)27-9-4-2-3-5-10-27)26-13-11-25(12-14-26)19-8-6-7-18(22)16-19/h6-8,15-16H,2-5,9-14H2,1H3. The summed E-state index contributed by atoms with van der Waals surface area (Å²) in [5.74, 6) is 1.97. The molecule has 5 nitrogen and oxygen atoms in total. The van der Waals surface area contributed by atoms with E-state index in [1.54, 1.807) is 0 Å². The molecular weight excluding hydrogens is 358 g/mol. The molecule has 4 rings (SSSR count). The summed E-state index contributed by atoms with van der Waals surface area (Å²) in [7, 11) is 0. The van der Waals surface area contributed by atoms with Crippen LogP contribution in [0.25, 0.3) is 0 Å². The van der Waals surface area contributed by atoms with E-state index in [0.717, 1.165) is 61.8 Å². The first-order valence-electron chi connectivity index (χ1n) is 10.1. The van der Waals surface area contributed by atoms with Crippen LogP contribution >= 0.6 is 11.6 Å². The lowest BCUT2D eigenvalue weighted by Crippen LogP contribution is -2.47. The molecule has 3 heterocycles. The minimum Gasteiger partial charge on any atom is -0.368 e. The first-order chi connectivity index (χ1) is 13.2. The summed E-state index contributed by atoms with van der Waals surface area (Å²) in [6.07, 6.45) is 5.12. The van der Waals surface area contributed by atoms with Crippen molar-refractivity contribution in [2.75, 3.05) is 54.0 Å². The zero-order valence-corrected chi connectivity index (χ0v) is 16.8. The van der Waals surface area contributed by atoms with Crippen molar-refractivity contribution < 1.29 is 0 Å². The van der Waals surface area contributed by atoms with Gasteiger partial charge in [0.25, 0.3) is 0 Å². The third-order valence-corrected chi connectivity index (χ3v) is 5.73. The Bertz CT molecular complexity index is 765. The van der Waals surface area contributed by atoms with Gasteiger partial charge in [-0.25, -0.2) is 4.98 Å². The van der Waals surface area contributed by atoms with Gasteiger partial charge in [-0.15, -0.1) is 0 Å². The van der Waals surface area contributed by atoms with Gasteiger partial charge in [-0.05, 0) is 38.0 Å². The van der Waals surface area contributed by atoms with Crippen molar-refractivity contribution in [2.24, 2.45) is 0 Å². The topological polar surface area (TPSA) is 35.5 Å². The van der Waals surface area contributed by atoms with Crippen molar-refractivity contribution in [1.29, 1.82) is 0 Å². The van der Waals surface area contributed by atoms with Crippen molar-refractivity contribution in [3.05, 3.63) is 41.0 Å². The van der Waals surface area contributed by atoms with Crippen molar-refractivity contribution in [3.63, 3.8) is 0 Å². The molecule has 0 bridgehead atoms. The van der Waals surface area contributed by atoms with Crippen LogP contribution in [0, 0.1) is 6.92 Å². The van der Waals surface area contributed by atoms with E-state index in [2.05, 4.69) is 33.8 Å². The third kappa shape index (κ3) is 4.46. The second-order valence-electron chi connectivity index (χ2n) is 7.52. The van der Waals surface area contributed by atoms with E-state index in [4.69, 9.17) is 21.6 Å². The number of hydrogen-bond acceptors (Lipinski definition) is 5. The van der Waals surface area contributed by atoms with E-state index in [-0.39, 0.29) is 0 Å². The van der Waals surface area contributed by atoms with Gasteiger partial charge in [-0.3, -0.25) is 0 Å². The summed E-state index contributed by atoms with van der Waals surface area (Å²) < 4.78 is 0. The number of rotatable bonds is 3. The molecule has 0 aliphatic carbocycles. The highest BCUT2D eigenvalue weighted by Crippen LogP contribution is 2.24. The van der Waals surface area contributed by atoms with E-state index >= 15 is 0 Å². The zero-order chi connectivity index (χ0) is 18.6. The van der Waals surface area contributed by atoms with E-state index in [1.165, 1.54) is 31.4 Å². The Morgan fingerprint density at radius 1 is 0.778 bits per heavy atom. The quantitative estimate of drug-likeness (QED) is 0.793. The maximum Gasteiger partial charge on any atom is 0.227 e. The summed E-state index contributed by atoms with van der Waals surface area (Å²) in [5, 5.41) is 0.795. The first-order valence-corrected chi connectivity index (χ1v) is 10.4. The number of halogens is 1. The molecule has 0 unspecified atom stereocenters. The first kappa shape index (κ1) is 18.4. The molecule has 0 N–H and O–H groups in total. The molecule has 0 atom stereocenters. The Morgan fingerprint density at radius 3 is 2.19 bits per heavy atom. The normalized spacial score (nSPS) is 18.5. The number of aromatic nitrogens is 2. The molecule has 0 amide bonds. The van der Waals surface area contributed by atoms with Gasteiger partial charge >= 0.3 is 0 Å². The van der Waals surface area contributed by atoms with E-state index in [0.29, 0.717) is 0 Å². The van der Waals surface area contributed by atoms with E-state index in [1.807, 2.05) is 18.2 Å². The highest BCUT2D eigenvalue weighted by atomic mass is 35.5. The third-order valence-electron chi connectivity index (χ3n) is 5.49. The smallest absolute Gasteiger partial charge is 0.227 e. The Hall–Kier alpha value is -2.01. The fourth-order valence-corrected chi connectivity index (χ4v) is 4.16. The second kappa shape index (κ2) is 8.34. The molecule has 2 aliphatic heterocycles. The molecule has 0 spiro atoms. The van der Waals surface area contributed by atoms with Crippen LogP contribution in [-0.2, 0) is 0 Å². The summed E-state index contributed by atoms with van der Waals surface area (Å²) in [6, 6.07) is 10.2. The van der Waals surface area contributed by atoms with Crippen molar-refractivity contribution in [1.82, 2.24) is 9.97 Å². The Labute approximate surface area is 167 Å². The van der Waals surface area contributed by atoms with Crippen molar-refractivity contribution in [3.8, 4) is 0 Å². The van der Waals surface area contributed by atoms with Crippen LogP contribution in [0.2, 0.25) is 5.02 Å². The van der Waals surface area contributed by atoms with Gasteiger partial charge in [-0.2, -0.15) is 4.98 Å². The lowest BCUT2D eigenvalue weighted by molar-refractivity contribution is 0.644. The van der Waals surface area contributed by atoms with Gasteiger partial charge in [0.2, 0.25) is 5.95 Å². The van der Waals surface area contributed by atoms with Gasteiger partial charge < -0.3 is 14.7 Å². The Morgan fingerprint density at radius 2 is 1.48 bits per heavy atom. The van der Waals surface area contributed by atoms with Gasteiger partial charge in [-0.1, -0.05) is 30.5 Å². The predicted molar refractivity (Wildman–Crippen MR) is 113 cm³/mol. The fraction of sp³-hybridized carbons (Fsp3) is 0.524. The largest absolute Gasteiger partial charge is 0.368 e. The number of aryl methyl sites for hydroxylation is 1. The number of nitrogens with zero attached hydrogens (tertiary/aromatic N) is 5. The van der Waals surface area contributed by atoms with Crippen LogP contribution in [0.3, 0.4) is 0 Å². The van der Waals surface area contributed by atoms with Gasteiger partial charge in [0.05, 0.1) is 0 Å². The minimum absolute atomic E-state index is 0.795. The molecule has 2 fully saturated rings. The number of piperazine rings is 1. The maximum atomic E-state index is 6.15. The molecular formula is C21H28ClN5. The zero-order valence-electron chi connectivity index (χ0n) is 16.1. The Balaban J connectivity index is 1.46. The highest BCUT2D eigenvalue weighted by Gasteiger charge is 2.21. The highest BCUT2D eigenvalue weighted by molar-refractivity contribution is 6.30. The molecule has 1 aromatic heterocycles. The van der Waals surface area contributed by atoms with Gasteiger partial charge in [0.15, 0.2) is 0 Å². The number of benzene rings is 1. The minimum atomic E-state index is 0.795. The molecule has 2 saturated heterocycles. The summed E-state index contributed by atoms with van der Waals surface area (Å²) in [5.41, 5.74) is 2.25. The molecule has 2 aliphatic rings. The average Bonchev–Trinajstić information content (AvgIpc) is 2.97. The van der Waals surface area contributed by atoms with E-state index in [9.17, 15) is 0 Å². The fourth-order valence-electron chi connectivity index (χ4n) is 3.98. The SMILES string of the molecule is Cc1cc(N2CCN(c3cccc(Cl)c3)CC2)nc(N2CCCCCC2)n1. The van der Waals surface area contributed by atoms with Gasteiger partial charge in [0.1, 0.15) is 5.82 Å². The molecule has 144 valence electrons. The summed E-state index contributed by atoms with van der Waals surface area (Å²) in [4.78, 5) is 16.8. The van der Waals surface area contributed by atoms with E-state index < -0.39 is 0 Å². The average molecular weight is 386 g/mol.